The van der Waals surface area contributed by atoms with Crippen molar-refractivity contribution in [3.05, 3.63) is 83.4 Å². The van der Waals surface area contributed by atoms with Crippen molar-refractivity contribution in [2.75, 3.05) is 19.0 Å². The number of carbonyl (C=O) groups is 2. The van der Waals surface area contributed by atoms with E-state index in [9.17, 15) is 9.59 Å². The zero-order valence-electron chi connectivity index (χ0n) is 15.4. The van der Waals surface area contributed by atoms with E-state index in [0.717, 1.165) is 17.0 Å². The molecular formula is C21H20N4O3. The van der Waals surface area contributed by atoms with Gasteiger partial charge in [0.2, 0.25) is 0 Å². The van der Waals surface area contributed by atoms with Crippen molar-refractivity contribution >= 4 is 17.7 Å². The lowest BCUT2D eigenvalue weighted by Gasteiger charge is -2.35. The number of aromatic amines is 1. The quantitative estimate of drug-likeness (QED) is 0.686. The first-order chi connectivity index (χ1) is 13.7. The molecule has 1 aromatic heterocycles. The summed E-state index contributed by atoms with van der Waals surface area (Å²) in [5, 5.41) is 2.92. The number of urea groups is 1. The third-order valence-corrected chi connectivity index (χ3v) is 4.86. The number of fused-ring (bicyclic) bond motifs is 1. The lowest BCUT2D eigenvalue weighted by Crippen LogP contribution is -2.43. The molecule has 0 saturated carbocycles. The number of aromatic nitrogens is 2. The van der Waals surface area contributed by atoms with E-state index < -0.39 is 5.97 Å². The van der Waals surface area contributed by atoms with E-state index in [2.05, 4.69) is 15.3 Å². The summed E-state index contributed by atoms with van der Waals surface area (Å²) in [6, 6.07) is 16.0. The summed E-state index contributed by atoms with van der Waals surface area (Å²) in [5.74, 6) is -0.413. The van der Waals surface area contributed by atoms with Crippen molar-refractivity contribution in [1.29, 1.82) is 0 Å². The first kappa shape index (κ1) is 17.8. The third-order valence-electron chi connectivity index (χ3n) is 4.86. The molecule has 0 fully saturated rings. The predicted molar refractivity (Wildman–Crippen MR) is 104 cm³/mol. The predicted octanol–water partition coefficient (Wildman–Crippen LogP) is 3.38. The van der Waals surface area contributed by atoms with E-state index in [1.165, 1.54) is 7.11 Å². The van der Waals surface area contributed by atoms with Crippen molar-refractivity contribution in [3.63, 3.8) is 0 Å². The summed E-state index contributed by atoms with van der Waals surface area (Å²) in [5.41, 5.74) is 3.97. The van der Waals surface area contributed by atoms with Crippen LogP contribution in [-0.2, 0) is 11.2 Å². The summed E-state index contributed by atoms with van der Waals surface area (Å²) in [6.07, 6.45) is 2.39. The third kappa shape index (κ3) is 3.34. The SMILES string of the molecule is COC(=O)c1ccc(NC(=O)N2CCc3[nH]cnc3[C@H]2c2ccccc2)cc1. The van der Waals surface area contributed by atoms with E-state index in [-0.39, 0.29) is 12.1 Å². The lowest BCUT2D eigenvalue weighted by atomic mass is 9.96. The fourth-order valence-electron chi connectivity index (χ4n) is 3.47. The van der Waals surface area contributed by atoms with E-state index in [0.29, 0.717) is 24.2 Å². The van der Waals surface area contributed by atoms with Gasteiger partial charge in [0.15, 0.2) is 0 Å². The van der Waals surface area contributed by atoms with Gasteiger partial charge in [0.05, 0.1) is 24.7 Å². The molecule has 28 heavy (non-hydrogen) atoms. The molecule has 2 heterocycles. The molecule has 0 saturated heterocycles. The van der Waals surface area contributed by atoms with Gasteiger partial charge in [-0.05, 0) is 29.8 Å². The van der Waals surface area contributed by atoms with Gasteiger partial charge in [0.25, 0.3) is 0 Å². The Hall–Kier alpha value is -3.61. The van der Waals surface area contributed by atoms with Crippen LogP contribution < -0.4 is 5.32 Å². The highest BCUT2D eigenvalue weighted by Crippen LogP contribution is 2.33. The lowest BCUT2D eigenvalue weighted by molar-refractivity contribution is 0.0600. The summed E-state index contributed by atoms with van der Waals surface area (Å²) >= 11 is 0. The van der Waals surface area contributed by atoms with Crippen LogP contribution in [0, 0.1) is 0 Å². The number of nitrogens with one attached hydrogen (secondary N) is 2. The Morgan fingerprint density at radius 1 is 1.14 bits per heavy atom. The Morgan fingerprint density at radius 3 is 2.61 bits per heavy atom. The van der Waals surface area contributed by atoms with Gasteiger partial charge in [-0.2, -0.15) is 0 Å². The second-order valence-electron chi connectivity index (χ2n) is 6.52. The van der Waals surface area contributed by atoms with Gasteiger partial charge in [-0.25, -0.2) is 14.6 Å². The van der Waals surface area contributed by atoms with E-state index in [1.807, 2.05) is 30.3 Å². The maximum absolute atomic E-state index is 13.0. The zero-order valence-corrected chi connectivity index (χ0v) is 15.4. The van der Waals surface area contributed by atoms with Gasteiger partial charge in [-0.15, -0.1) is 0 Å². The molecule has 0 aliphatic carbocycles. The molecular weight excluding hydrogens is 356 g/mol. The summed E-state index contributed by atoms with van der Waals surface area (Å²) in [6.45, 7) is 0.570. The number of imidazole rings is 1. The minimum atomic E-state index is -0.413. The Morgan fingerprint density at radius 2 is 1.89 bits per heavy atom. The zero-order chi connectivity index (χ0) is 19.5. The van der Waals surface area contributed by atoms with Gasteiger partial charge in [0.1, 0.15) is 6.04 Å². The second-order valence-corrected chi connectivity index (χ2v) is 6.52. The number of methoxy groups -OCH3 is 1. The number of benzene rings is 2. The Labute approximate surface area is 162 Å². The van der Waals surface area contributed by atoms with Crippen molar-refractivity contribution in [2.24, 2.45) is 0 Å². The number of ether oxygens (including phenoxy) is 1. The number of hydrogen-bond donors (Lipinski definition) is 2. The standard InChI is InChI=1S/C21H20N4O3/c1-28-20(26)15-7-9-16(10-8-15)24-21(27)25-12-11-17-18(23-13-22-17)19(25)14-5-3-2-4-6-14/h2-10,13,19H,11-12H2,1H3,(H,22,23)(H,24,27)/t19-/m1/s1. The van der Waals surface area contributed by atoms with Crippen LogP contribution in [0.3, 0.4) is 0 Å². The Balaban J connectivity index is 1.58. The van der Waals surface area contributed by atoms with Crippen LogP contribution in [0.4, 0.5) is 10.5 Å². The summed E-state index contributed by atoms with van der Waals surface area (Å²) < 4.78 is 4.70. The molecule has 142 valence electrons. The molecule has 2 amide bonds. The van der Waals surface area contributed by atoms with Gasteiger partial charge in [0, 0.05) is 24.3 Å². The van der Waals surface area contributed by atoms with Crippen LogP contribution in [0.2, 0.25) is 0 Å². The highest BCUT2D eigenvalue weighted by molar-refractivity contribution is 5.92. The number of nitrogens with zero attached hydrogens (tertiary/aromatic N) is 2. The molecule has 1 atom stereocenters. The highest BCUT2D eigenvalue weighted by Gasteiger charge is 2.34. The fourth-order valence-corrected chi connectivity index (χ4v) is 3.47. The largest absolute Gasteiger partial charge is 0.465 e. The van der Waals surface area contributed by atoms with E-state index >= 15 is 0 Å². The molecule has 7 heteroatoms. The van der Waals surface area contributed by atoms with Crippen LogP contribution in [0.1, 0.15) is 33.4 Å². The van der Waals surface area contributed by atoms with Crippen molar-refractivity contribution in [1.82, 2.24) is 14.9 Å². The van der Waals surface area contributed by atoms with Crippen LogP contribution >= 0.6 is 0 Å². The van der Waals surface area contributed by atoms with Crippen molar-refractivity contribution in [3.8, 4) is 0 Å². The summed E-state index contributed by atoms with van der Waals surface area (Å²) in [4.78, 5) is 34.0. The monoisotopic (exact) mass is 376 g/mol. The van der Waals surface area contributed by atoms with Crippen LogP contribution in [0.25, 0.3) is 0 Å². The molecule has 4 rings (SSSR count). The van der Waals surface area contributed by atoms with Gasteiger partial charge >= 0.3 is 12.0 Å². The molecule has 1 aliphatic rings. The molecule has 0 unspecified atom stereocenters. The molecule has 0 bridgehead atoms. The number of hydrogen-bond acceptors (Lipinski definition) is 4. The smallest absolute Gasteiger partial charge is 0.337 e. The number of anilines is 1. The van der Waals surface area contributed by atoms with E-state index in [1.54, 1.807) is 35.5 Å². The number of amides is 2. The number of rotatable bonds is 3. The Bertz CT molecular complexity index is 982. The molecule has 0 radical (unpaired) electrons. The van der Waals surface area contributed by atoms with Crippen LogP contribution in [0.5, 0.6) is 0 Å². The average Bonchev–Trinajstić information content (AvgIpc) is 3.22. The number of esters is 1. The minimum Gasteiger partial charge on any atom is -0.465 e. The van der Waals surface area contributed by atoms with Gasteiger partial charge < -0.3 is 19.9 Å². The van der Waals surface area contributed by atoms with Crippen molar-refractivity contribution < 1.29 is 14.3 Å². The maximum atomic E-state index is 13.0. The summed E-state index contributed by atoms with van der Waals surface area (Å²) in [7, 11) is 1.33. The number of carbonyl (C=O) groups excluding carboxylic acids is 2. The van der Waals surface area contributed by atoms with Crippen LogP contribution in [0.15, 0.2) is 60.9 Å². The molecule has 3 aromatic rings. The normalized spacial score (nSPS) is 15.6. The number of H-pyrrole nitrogens is 1. The molecule has 0 spiro atoms. The van der Waals surface area contributed by atoms with Crippen molar-refractivity contribution in [2.45, 2.75) is 12.5 Å². The first-order valence-electron chi connectivity index (χ1n) is 9.00. The minimum absolute atomic E-state index is 0.215. The van der Waals surface area contributed by atoms with Crippen LogP contribution in [-0.4, -0.2) is 40.5 Å². The Kier molecular flexibility index (Phi) is 4.80. The topological polar surface area (TPSA) is 87.3 Å². The molecule has 7 nitrogen and oxygen atoms in total. The maximum Gasteiger partial charge on any atom is 0.337 e. The second kappa shape index (κ2) is 7.56. The molecule has 1 aliphatic heterocycles. The first-order valence-corrected chi connectivity index (χ1v) is 9.00. The van der Waals surface area contributed by atoms with E-state index in [4.69, 9.17) is 4.74 Å². The van der Waals surface area contributed by atoms with Gasteiger partial charge in [-0.1, -0.05) is 30.3 Å². The fraction of sp³-hybridized carbons (Fsp3) is 0.190. The average molecular weight is 376 g/mol. The molecule has 2 N–H and O–H groups in total. The molecule has 2 aromatic carbocycles. The van der Waals surface area contributed by atoms with Gasteiger partial charge in [-0.3, -0.25) is 0 Å². The highest BCUT2D eigenvalue weighted by atomic mass is 16.5.